The molecule has 0 bridgehead atoms. The molecule has 0 spiro atoms. The van der Waals surface area contributed by atoms with Crippen molar-refractivity contribution in [1.82, 2.24) is 19.7 Å². The predicted molar refractivity (Wildman–Crippen MR) is 60.3 cm³/mol. The molecule has 0 aliphatic rings. The molecule has 0 amide bonds. The van der Waals surface area contributed by atoms with Crippen LogP contribution in [0.5, 0.6) is 0 Å². The maximum absolute atomic E-state index is 11.2. The van der Waals surface area contributed by atoms with Crippen LogP contribution in [0.4, 0.5) is 0 Å². The Morgan fingerprint density at radius 1 is 1.29 bits per heavy atom. The average molecular weight is 253 g/mol. The molecule has 90 valence electrons. The average Bonchev–Trinajstić information content (AvgIpc) is 2.59. The summed E-state index contributed by atoms with van der Waals surface area (Å²) in [5.41, 5.74) is 1.64. The van der Waals surface area contributed by atoms with Crippen molar-refractivity contribution in [3.05, 3.63) is 24.0 Å². The van der Waals surface area contributed by atoms with E-state index in [1.807, 2.05) is 13.0 Å². The number of rotatable bonds is 2. The number of nitrogens with two attached hydrogens (primary N) is 1. The first-order chi connectivity index (χ1) is 7.89. The molecule has 2 aromatic rings. The Morgan fingerprint density at radius 3 is 2.53 bits per heavy atom. The molecule has 0 saturated heterocycles. The molecule has 2 rings (SSSR count). The van der Waals surface area contributed by atoms with Crippen molar-refractivity contribution in [2.24, 2.45) is 12.2 Å². The molecular formula is C9H11N5O2S. The first-order valence-corrected chi connectivity index (χ1v) is 6.28. The summed E-state index contributed by atoms with van der Waals surface area (Å²) < 4.78 is 23.7. The van der Waals surface area contributed by atoms with Crippen LogP contribution in [0, 0.1) is 6.92 Å². The third-order valence-electron chi connectivity index (χ3n) is 2.22. The maximum Gasteiger partial charge on any atom is 0.273 e. The first-order valence-electron chi connectivity index (χ1n) is 4.74. The Bertz CT molecular complexity index is 662. The van der Waals surface area contributed by atoms with E-state index in [9.17, 15) is 8.42 Å². The zero-order valence-electron chi connectivity index (χ0n) is 9.32. The van der Waals surface area contributed by atoms with E-state index in [-0.39, 0.29) is 5.16 Å². The van der Waals surface area contributed by atoms with Crippen molar-refractivity contribution in [1.29, 1.82) is 0 Å². The Hall–Kier alpha value is -1.80. The van der Waals surface area contributed by atoms with Crippen LogP contribution in [-0.4, -0.2) is 28.2 Å². The topological polar surface area (TPSA) is 104 Å². The Kier molecular flexibility index (Phi) is 2.68. The number of hydrogen-bond acceptors (Lipinski definition) is 5. The molecule has 0 saturated carbocycles. The number of pyridine rings is 1. The Labute approximate surface area is 98.4 Å². The summed E-state index contributed by atoms with van der Waals surface area (Å²) in [5.74, 6) is 0.408. The van der Waals surface area contributed by atoms with Gasteiger partial charge in [-0.15, -0.1) is 10.2 Å². The van der Waals surface area contributed by atoms with Crippen molar-refractivity contribution in [2.45, 2.75) is 12.1 Å². The molecular weight excluding hydrogens is 242 g/mol. The highest BCUT2D eigenvalue weighted by atomic mass is 32.2. The molecule has 0 radical (unpaired) electrons. The van der Waals surface area contributed by atoms with E-state index in [4.69, 9.17) is 5.14 Å². The van der Waals surface area contributed by atoms with Gasteiger partial charge in [-0.25, -0.2) is 13.6 Å². The van der Waals surface area contributed by atoms with Gasteiger partial charge in [0.05, 0.1) is 0 Å². The summed E-state index contributed by atoms with van der Waals surface area (Å²) in [6.45, 7) is 1.88. The van der Waals surface area contributed by atoms with Crippen LogP contribution in [0.15, 0.2) is 23.6 Å². The molecule has 0 aliphatic heterocycles. The van der Waals surface area contributed by atoms with Gasteiger partial charge in [-0.3, -0.25) is 9.55 Å². The number of primary sulfonamides is 1. The largest absolute Gasteiger partial charge is 0.300 e. The normalized spacial score (nSPS) is 11.7. The van der Waals surface area contributed by atoms with Gasteiger partial charge in [0.25, 0.3) is 15.2 Å². The molecule has 0 fully saturated rings. The van der Waals surface area contributed by atoms with Crippen LogP contribution in [-0.2, 0) is 17.1 Å². The van der Waals surface area contributed by atoms with Gasteiger partial charge in [-0.05, 0) is 18.6 Å². The lowest BCUT2D eigenvalue weighted by molar-refractivity contribution is 0.580. The van der Waals surface area contributed by atoms with Crippen molar-refractivity contribution in [3.8, 4) is 11.4 Å². The second-order valence-electron chi connectivity index (χ2n) is 3.66. The SMILES string of the molecule is Cc1cncc(-c2nnc(S(N)(=O)=O)n2C)c1. The van der Waals surface area contributed by atoms with Crippen molar-refractivity contribution >= 4 is 10.0 Å². The van der Waals surface area contributed by atoms with E-state index in [1.54, 1.807) is 12.4 Å². The fourth-order valence-corrected chi connectivity index (χ4v) is 2.11. The van der Waals surface area contributed by atoms with Crippen LogP contribution in [0.2, 0.25) is 0 Å². The Morgan fingerprint density at radius 2 is 2.00 bits per heavy atom. The minimum atomic E-state index is -3.86. The smallest absolute Gasteiger partial charge is 0.273 e. The predicted octanol–water partition coefficient (Wildman–Crippen LogP) is -0.167. The lowest BCUT2D eigenvalue weighted by atomic mass is 10.2. The number of nitrogens with zero attached hydrogens (tertiary/aromatic N) is 4. The highest BCUT2D eigenvalue weighted by molar-refractivity contribution is 7.89. The fraction of sp³-hybridized carbons (Fsp3) is 0.222. The van der Waals surface area contributed by atoms with E-state index in [0.29, 0.717) is 11.4 Å². The van der Waals surface area contributed by atoms with Crippen LogP contribution in [0.1, 0.15) is 5.56 Å². The summed E-state index contributed by atoms with van der Waals surface area (Å²) in [5, 5.41) is 12.1. The maximum atomic E-state index is 11.2. The quantitative estimate of drug-likeness (QED) is 0.800. The van der Waals surface area contributed by atoms with Crippen LogP contribution >= 0.6 is 0 Å². The van der Waals surface area contributed by atoms with Gasteiger partial charge in [0.1, 0.15) is 0 Å². The van der Waals surface area contributed by atoms with Crippen LogP contribution in [0.25, 0.3) is 11.4 Å². The molecule has 17 heavy (non-hydrogen) atoms. The standard InChI is InChI=1S/C9H11N5O2S/c1-6-3-7(5-11-4-6)8-12-13-9(14(8)2)17(10,15)16/h3-5H,1-2H3,(H2,10,15,16). The van der Waals surface area contributed by atoms with Gasteiger partial charge in [0.15, 0.2) is 5.82 Å². The molecule has 0 unspecified atom stereocenters. The monoisotopic (exact) mass is 253 g/mol. The lowest BCUT2D eigenvalue weighted by Gasteiger charge is -2.02. The summed E-state index contributed by atoms with van der Waals surface area (Å²) >= 11 is 0. The van der Waals surface area contributed by atoms with Crippen molar-refractivity contribution in [2.75, 3.05) is 0 Å². The molecule has 7 nitrogen and oxygen atoms in total. The number of hydrogen-bond donors (Lipinski definition) is 1. The fourth-order valence-electron chi connectivity index (χ4n) is 1.49. The molecule has 8 heteroatoms. The summed E-state index contributed by atoms with van der Waals surface area (Å²) in [6.07, 6.45) is 3.28. The second-order valence-corrected chi connectivity index (χ2v) is 5.12. The summed E-state index contributed by atoms with van der Waals surface area (Å²) in [6, 6.07) is 1.84. The zero-order chi connectivity index (χ0) is 12.6. The van der Waals surface area contributed by atoms with Gasteiger partial charge in [0.2, 0.25) is 0 Å². The highest BCUT2D eigenvalue weighted by Crippen LogP contribution is 2.18. The number of sulfonamides is 1. The van der Waals surface area contributed by atoms with Crippen molar-refractivity contribution < 1.29 is 8.42 Å². The second kappa shape index (κ2) is 3.90. The summed E-state index contributed by atoms with van der Waals surface area (Å²) in [4.78, 5) is 4.01. The lowest BCUT2D eigenvalue weighted by Crippen LogP contribution is -2.17. The summed E-state index contributed by atoms with van der Waals surface area (Å²) in [7, 11) is -2.32. The highest BCUT2D eigenvalue weighted by Gasteiger charge is 2.19. The molecule has 0 aromatic carbocycles. The minimum absolute atomic E-state index is 0.269. The zero-order valence-corrected chi connectivity index (χ0v) is 10.1. The van der Waals surface area contributed by atoms with E-state index >= 15 is 0 Å². The third-order valence-corrected chi connectivity index (χ3v) is 3.09. The first kappa shape index (κ1) is 11.7. The molecule has 2 N–H and O–H groups in total. The van der Waals surface area contributed by atoms with E-state index in [0.717, 1.165) is 5.56 Å². The van der Waals surface area contributed by atoms with Crippen LogP contribution < -0.4 is 5.14 Å². The molecule has 0 aliphatic carbocycles. The molecule has 0 atom stereocenters. The van der Waals surface area contributed by atoms with E-state index in [1.165, 1.54) is 11.6 Å². The molecule has 2 aromatic heterocycles. The van der Waals surface area contributed by atoms with Gasteiger partial charge in [-0.2, -0.15) is 0 Å². The van der Waals surface area contributed by atoms with Gasteiger partial charge >= 0.3 is 0 Å². The van der Waals surface area contributed by atoms with Gasteiger partial charge in [0, 0.05) is 25.0 Å². The molecule has 2 heterocycles. The van der Waals surface area contributed by atoms with E-state index in [2.05, 4.69) is 15.2 Å². The van der Waals surface area contributed by atoms with Gasteiger partial charge in [-0.1, -0.05) is 0 Å². The number of aryl methyl sites for hydroxylation is 1. The van der Waals surface area contributed by atoms with Crippen molar-refractivity contribution in [3.63, 3.8) is 0 Å². The Balaban J connectivity index is 2.60. The third kappa shape index (κ3) is 2.17. The van der Waals surface area contributed by atoms with Gasteiger partial charge < -0.3 is 0 Å². The minimum Gasteiger partial charge on any atom is -0.300 e. The van der Waals surface area contributed by atoms with E-state index < -0.39 is 10.0 Å². The number of aromatic nitrogens is 4. The van der Waals surface area contributed by atoms with Crippen LogP contribution in [0.3, 0.4) is 0 Å².